The number of fused-ring (bicyclic) bond motifs is 1. The Kier molecular flexibility index (Phi) is 4.31. The van der Waals surface area contributed by atoms with Crippen molar-refractivity contribution in [3.05, 3.63) is 48.0 Å². The van der Waals surface area contributed by atoms with Gasteiger partial charge in [0, 0.05) is 0 Å². The Hall–Kier alpha value is -1.87. The van der Waals surface area contributed by atoms with Crippen molar-refractivity contribution in [3.63, 3.8) is 0 Å². The maximum atomic E-state index is 4.09. The number of hydrogen-bond donors (Lipinski definition) is 2. The van der Waals surface area contributed by atoms with Gasteiger partial charge in [-0.1, -0.05) is 56.3 Å². The van der Waals surface area contributed by atoms with E-state index >= 15 is 0 Å². The van der Waals surface area contributed by atoms with Gasteiger partial charge in [0.2, 0.25) is 0 Å². The molecule has 18 heavy (non-hydrogen) atoms. The van der Waals surface area contributed by atoms with E-state index < -0.39 is 0 Å². The third-order valence-corrected chi connectivity index (χ3v) is 2.85. The van der Waals surface area contributed by atoms with Crippen LogP contribution in [0.25, 0.3) is 10.8 Å². The van der Waals surface area contributed by atoms with E-state index in [0.717, 1.165) is 0 Å². The summed E-state index contributed by atoms with van der Waals surface area (Å²) < 4.78 is 0. The average Bonchev–Trinajstić information content (AvgIpc) is 2.50. The first kappa shape index (κ1) is 12.6. The van der Waals surface area contributed by atoms with Crippen LogP contribution in [0.1, 0.15) is 25.6 Å². The van der Waals surface area contributed by atoms with Crippen molar-refractivity contribution in [2.45, 2.75) is 20.0 Å². The molecule has 2 aromatic carbocycles. The normalized spacial score (nSPS) is 17.8. The van der Waals surface area contributed by atoms with Crippen LogP contribution in [0.5, 0.6) is 0 Å². The van der Waals surface area contributed by atoms with E-state index in [1.165, 1.54) is 16.3 Å². The summed E-state index contributed by atoms with van der Waals surface area (Å²) >= 11 is 0. The van der Waals surface area contributed by atoms with Crippen LogP contribution in [0.3, 0.4) is 0 Å². The lowest BCUT2D eigenvalue weighted by atomic mass is 10.0. The molecule has 0 aliphatic carbocycles. The zero-order valence-corrected chi connectivity index (χ0v) is 10.9. The largest absolute Gasteiger partial charge is 0.357 e. The molecule has 2 N–H and O–H groups in total. The third-order valence-electron chi connectivity index (χ3n) is 2.85. The molecule has 2 aromatic rings. The molecule has 0 amide bonds. The van der Waals surface area contributed by atoms with Crippen molar-refractivity contribution in [2.24, 2.45) is 4.99 Å². The zero-order chi connectivity index (χ0) is 12.8. The van der Waals surface area contributed by atoms with Gasteiger partial charge >= 0.3 is 0 Å². The quantitative estimate of drug-likeness (QED) is 0.805. The summed E-state index contributed by atoms with van der Waals surface area (Å²) in [4.78, 5) is 4.09. The maximum absolute atomic E-state index is 4.09. The van der Waals surface area contributed by atoms with E-state index in [1.807, 2.05) is 13.8 Å². The Labute approximate surface area is 108 Å². The minimum absolute atomic E-state index is 0.156. The van der Waals surface area contributed by atoms with Crippen molar-refractivity contribution in [1.29, 1.82) is 0 Å². The maximum Gasteiger partial charge on any atom is 0.106 e. The van der Waals surface area contributed by atoms with Gasteiger partial charge in [-0.2, -0.15) is 0 Å². The van der Waals surface area contributed by atoms with Crippen molar-refractivity contribution in [1.82, 2.24) is 10.6 Å². The fraction of sp³-hybridized carbons (Fsp3) is 0.267. The fourth-order valence-electron chi connectivity index (χ4n) is 2.08. The summed E-state index contributed by atoms with van der Waals surface area (Å²) in [6.45, 7) is 4.67. The smallest absolute Gasteiger partial charge is 0.106 e. The van der Waals surface area contributed by atoms with Crippen molar-refractivity contribution < 1.29 is 0 Å². The first-order valence-corrected chi connectivity index (χ1v) is 6.40. The second-order valence-electron chi connectivity index (χ2n) is 3.84. The van der Waals surface area contributed by atoms with Crippen LogP contribution in [0, 0.1) is 0 Å². The molecule has 3 rings (SSSR count). The van der Waals surface area contributed by atoms with Crippen LogP contribution in [0.4, 0.5) is 0 Å². The molecule has 0 aromatic heterocycles. The van der Waals surface area contributed by atoms with E-state index in [4.69, 9.17) is 0 Å². The van der Waals surface area contributed by atoms with Gasteiger partial charge < -0.3 is 5.32 Å². The Morgan fingerprint density at radius 3 is 2.61 bits per heavy atom. The Balaban J connectivity index is 0.000000574. The van der Waals surface area contributed by atoms with Crippen LogP contribution in [-0.2, 0) is 0 Å². The standard InChI is InChI=1S/C13H13N3.C2H6/c1-2-6-11-10(4-1)5-3-7-12(11)13-15-8-14-9-16-13;1-2/h1-8,13,16H,9H2,(H,14,15);1-2H3. The SMILES string of the molecule is C1=NCNC(c2cccc3ccccc23)N1.CC. The first-order chi connectivity index (χ1) is 8.95. The second-order valence-corrected chi connectivity index (χ2v) is 3.84. The lowest BCUT2D eigenvalue weighted by Gasteiger charge is -2.22. The van der Waals surface area contributed by atoms with Crippen LogP contribution in [-0.4, -0.2) is 13.0 Å². The van der Waals surface area contributed by atoms with E-state index in [-0.39, 0.29) is 6.17 Å². The van der Waals surface area contributed by atoms with Crippen LogP contribution in [0.2, 0.25) is 0 Å². The minimum atomic E-state index is 0.156. The highest BCUT2D eigenvalue weighted by atomic mass is 15.2. The summed E-state index contributed by atoms with van der Waals surface area (Å²) in [6, 6.07) is 14.8. The number of aliphatic imine (C=N–C) groups is 1. The van der Waals surface area contributed by atoms with Gasteiger partial charge in [-0.3, -0.25) is 10.3 Å². The Morgan fingerprint density at radius 2 is 1.83 bits per heavy atom. The van der Waals surface area contributed by atoms with Gasteiger partial charge in [0.25, 0.3) is 0 Å². The van der Waals surface area contributed by atoms with Gasteiger partial charge in [-0.15, -0.1) is 0 Å². The molecule has 1 atom stereocenters. The number of benzene rings is 2. The fourth-order valence-corrected chi connectivity index (χ4v) is 2.08. The lowest BCUT2D eigenvalue weighted by molar-refractivity contribution is 0.502. The highest BCUT2D eigenvalue weighted by Gasteiger charge is 2.13. The number of hydrogen-bond acceptors (Lipinski definition) is 3. The van der Waals surface area contributed by atoms with E-state index in [1.54, 1.807) is 6.34 Å². The molecule has 0 radical (unpaired) electrons. The highest BCUT2D eigenvalue weighted by Crippen LogP contribution is 2.23. The molecule has 1 aliphatic heterocycles. The summed E-state index contributed by atoms with van der Waals surface area (Å²) in [5.74, 6) is 0. The van der Waals surface area contributed by atoms with E-state index in [2.05, 4.69) is 58.1 Å². The molecule has 0 spiro atoms. The van der Waals surface area contributed by atoms with Crippen molar-refractivity contribution in [3.8, 4) is 0 Å². The molecular weight excluding hydrogens is 222 g/mol. The molecule has 0 saturated carbocycles. The molecule has 0 fully saturated rings. The zero-order valence-electron chi connectivity index (χ0n) is 10.9. The summed E-state index contributed by atoms with van der Waals surface area (Å²) in [5, 5.41) is 9.10. The topological polar surface area (TPSA) is 36.4 Å². The summed E-state index contributed by atoms with van der Waals surface area (Å²) in [6.07, 6.45) is 1.92. The summed E-state index contributed by atoms with van der Waals surface area (Å²) in [7, 11) is 0. The predicted octanol–water partition coefficient (Wildman–Crippen LogP) is 3.04. The predicted molar refractivity (Wildman–Crippen MR) is 77.7 cm³/mol. The minimum Gasteiger partial charge on any atom is -0.357 e. The number of nitrogens with zero attached hydrogens (tertiary/aromatic N) is 1. The summed E-state index contributed by atoms with van der Waals surface area (Å²) in [5.41, 5.74) is 1.27. The van der Waals surface area contributed by atoms with Crippen LogP contribution in [0.15, 0.2) is 47.5 Å². The van der Waals surface area contributed by atoms with Crippen LogP contribution < -0.4 is 10.6 Å². The lowest BCUT2D eigenvalue weighted by Crippen LogP contribution is -2.37. The van der Waals surface area contributed by atoms with Crippen molar-refractivity contribution in [2.75, 3.05) is 6.67 Å². The van der Waals surface area contributed by atoms with Crippen LogP contribution >= 0.6 is 0 Å². The first-order valence-electron chi connectivity index (χ1n) is 6.40. The van der Waals surface area contributed by atoms with Gasteiger partial charge in [0.05, 0.1) is 13.0 Å². The third kappa shape index (κ3) is 2.51. The molecule has 0 bridgehead atoms. The van der Waals surface area contributed by atoms with E-state index in [0.29, 0.717) is 6.67 Å². The molecular formula is C15H19N3. The molecule has 3 nitrogen and oxygen atoms in total. The molecule has 94 valence electrons. The van der Waals surface area contributed by atoms with Gasteiger partial charge in [-0.25, -0.2) is 0 Å². The molecule has 3 heteroatoms. The number of rotatable bonds is 1. The molecule has 1 heterocycles. The molecule has 1 aliphatic rings. The van der Waals surface area contributed by atoms with E-state index in [9.17, 15) is 0 Å². The Bertz CT molecular complexity index is 529. The Morgan fingerprint density at radius 1 is 1.06 bits per heavy atom. The number of nitrogens with one attached hydrogen (secondary N) is 2. The molecule has 1 unspecified atom stereocenters. The van der Waals surface area contributed by atoms with Gasteiger partial charge in [0.15, 0.2) is 0 Å². The van der Waals surface area contributed by atoms with Gasteiger partial charge in [-0.05, 0) is 16.3 Å². The average molecular weight is 241 g/mol. The second kappa shape index (κ2) is 6.17. The van der Waals surface area contributed by atoms with Crippen molar-refractivity contribution >= 4 is 17.1 Å². The highest BCUT2D eigenvalue weighted by molar-refractivity contribution is 5.86. The molecule has 0 saturated heterocycles. The monoisotopic (exact) mass is 241 g/mol. The van der Waals surface area contributed by atoms with Gasteiger partial charge in [0.1, 0.15) is 6.17 Å².